The van der Waals surface area contributed by atoms with E-state index in [1.165, 1.54) is 0 Å². The average molecular weight is 476 g/mol. The maximum atomic E-state index is 12.4. The third-order valence-corrected chi connectivity index (χ3v) is 7.47. The van der Waals surface area contributed by atoms with Gasteiger partial charge >= 0.3 is 0 Å². The highest BCUT2D eigenvalue weighted by Crippen LogP contribution is 2.39. The number of nitrogens with one attached hydrogen (secondary N) is 2. The van der Waals surface area contributed by atoms with Crippen LogP contribution in [0.3, 0.4) is 0 Å². The van der Waals surface area contributed by atoms with Crippen molar-refractivity contribution in [2.75, 3.05) is 10.0 Å². The van der Waals surface area contributed by atoms with Crippen LogP contribution >= 0.6 is 39.1 Å². The van der Waals surface area contributed by atoms with Crippen LogP contribution in [-0.2, 0) is 10.0 Å². The lowest BCUT2D eigenvalue weighted by Crippen LogP contribution is -2.18. The third-order valence-electron chi connectivity index (χ3n) is 4.03. The molecule has 2 N–H and O–H groups in total. The number of anilines is 3. The van der Waals surface area contributed by atoms with Crippen molar-refractivity contribution in [3.63, 3.8) is 0 Å². The van der Waals surface area contributed by atoms with Crippen molar-refractivity contribution < 1.29 is 8.42 Å². The lowest BCUT2D eigenvalue weighted by atomic mass is 10.2. The van der Waals surface area contributed by atoms with Crippen molar-refractivity contribution in [3.05, 3.63) is 51.3 Å². The normalized spacial score (nSPS) is 14.6. The Labute approximate surface area is 168 Å². The summed E-state index contributed by atoms with van der Waals surface area (Å²) in [5, 5.41) is 3.63. The van der Waals surface area contributed by atoms with Crippen LogP contribution in [-0.4, -0.2) is 23.1 Å². The van der Waals surface area contributed by atoms with Gasteiger partial charge in [-0.05, 0) is 47.0 Å². The van der Waals surface area contributed by atoms with E-state index >= 15 is 0 Å². The summed E-state index contributed by atoms with van der Waals surface area (Å²) in [4.78, 5) is 4.22. The highest BCUT2D eigenvalue weighted by Gasteiger charge is 2.36. The van der Waals surface area contributed by atoms with Gasteiger partial charge in [0, 0.05) is 28.8 Å². The predicted molar refractivity (Wildman–Crippen MR) is 108 cm³/mol. The average Bonchev–Trinajstić information content (AvgIpc) is 3.35. The summed E-state index contributed by atoms with van der Waals surface area (Å²) in [6, 6.07) is 5.32. The molecule has 0 amide bonds. The van der Waals surface area contributed by atoms with Crippen molar-refractivity contribution in [1.82, 2.24) is 9.38 Å². The first kappa shape index (κ1) is 17.9. The van der Waals surface area contributed by atoms with E-state index in [1.807, 2.05) is 0 Å². The Morgan fingerprint density at radius 3 is 2.73 bits per heavy atom. The standard InChI is InChI=1S/C16H13BrCl2N4O2S/c17-11-4-1-9(7-12(11)18)21-15-13(22-26(24,25)10-2-3-10)8-23-6-5-20-16(23)14(15)19/h1,4-8,10,21-22H,2-3H2. The molecule has 0 aliphatic heterocycles. The van der Waals surface area contributed by atoms with Crippen LogP contribution in [0.15, 0.2) is 41.3 Å². The van der Waals surface area contributed by atoms with Crippen LogP contribution in [0, 0.1) is 0 Å². The van der Waals surface area contributed by atoms with E-state index < -0.39 is 10.0 Å². The molecule has 136 valence electrons. The monoisotopic (exact) mass is 474 g/mol. The van der Waals surface area contributed by atoms with Gasteiger partial charge in [-0.1, -0.05) is 23.2 Å². The van der Waals surface area contributed by atoms with Crippen molar-refractivity contribution >= 4 is 71.9 Å². The number of fused-ring (bicyclic) bond motifs is 1. The molecule has 1 aromatic carbocycles. The van der Waals surface area contributed by atoms with Gasteiger partial charge in [-0.25, -0.2) is 13.4 Å². The zero-order chi connectivity index (χ0) is 18.5. The van der Waals surface area contributed by atoms with Crippen molar-refractivity contribution in [2.45, 2.75) is 18.1 Å². The number of halogens is 3. The first-order valence-electron chi connectivity index (χ1n) is 7.74. The molecule has 0 saturated heterocycles. The molecule has 1 saturated carbocycles. The number of rotatable bonds is 5. The number of imidazole rings is 1. The molecule has 1 fully saturated rings. The zero-order valence-corrected chi connectivity index (χ0v) is 17.1. The number of hydrogen-bond donors (Lipinski definition) is 2. The smallest absolute Gasteiger partial charge is 0.235 e. The van der Waals surface area contributed by atoms with Gasteiger partial charge in [0.05, 0.1) is 21.6 Å². The summed E-state index contributed by atoms with van der Waals surface area (Å²) in [7, 11) is -3.45. The number of pyridine rings is 1. The highest BCUT2D eigenvalue weighted by atomic mass is 79.9. The second-order valence-corrected chi connectivity index (χ2v) is 9.59. The summed E-state index contributed by atoms with van der Waals surface area (Å²) in [6.07, 6.45) is 6.29. The molecular formula is C16H13BrCl2N4O2S. The minimum atomic E-state index is -3.45. The molecule has 6 nitrogen and oxygen atoms in total. The number of hydrogen-bond acceptors (Lipinski definition) is 4. The van der Waals surface area contributed by atoms with E-state index in [1.54, 1.807) is 41.2 Å². The van der Waals surface area contributed by atoms with Crippen molar-refractivity contribution in [3.8, 4) is 0 Å². The molecule has 0 radical (unpaired) electrons. The molecule has 0 atom stereocenters. The molecule has 1 aliphatic carbocycles. The van der Waals surface area contributed by atoms with Gasteiger partial charge in [0.1, 0.15) is 5.02 Å². The van der Waals surface area contributed by atoms with Gasteiger partial charge in [0.2, 0.25) is 10.0 Å². The lowest BCUT2D eigenvalue weighted by Gasteiger charge is -2.17. The topological polar surface area (TPSA) is 75.5 Å². The molecular weight excluding hydrogens is 463 g/mol. The van der Waals surface area contributed by atoms with Crippen LogP contribution in [0.5, 0.6) is 0 Å². The van der Waals surface area contributed by atoms with Gasteiger partial charge in [-0.2, -0.15) is 0 Å². The summed E-state index contributed by atoms with van der Waals surface area (Å²) >= 11 is 16.0. The van der Waals surface area contributed by atoms with Crippen molar-refractivity contribution in [2.24, 2.45) is 0 Å². The van der Waals surface area contributed by atoms with Gasteiger partial charge in [-0.3, -0.25) is 4.72 Å². The molecule has 0 spiro atoms. The summed E-state index contributed by atoms with van der Waals surface area (Å²) in [5.41, 5.74) is 1.97. The Kier molecular flexibility index (Phi) is 4.54. The minimum Gasteiger partial charge on any atom is -0.352 e. The molecule has 2 aromatic heterocycles. The SMILES string of the molecule is O=S(=O)(Nc1cn2ccnc2c(Cl)c1Nc1ccc(Br)c(Cl)c1)C1CC1. The Hall–Kier alpha value is -1.48. The molecule has 0 unspecified atom stereocenters. The molecule has 26 heavy (non-hydrogen) atoms. The molecule has 1 aliphatic rings. The lowest BCUT2D eigenvalue weighted by molar-refractivity contribution is 0.600. The fourth-order valence-corrected chi connectivity index (χ4v) is 4.66. The Bertz CT molecular complexity index is 1110. The van der Waals surface area contributed by atoms with Crippen LogP contribution in [0.2, 0.25) is 10.0 Å². The Balaban J connectivity index is 1.81. The van der Waals surface area contributed by atoms with E-state index in [0.29, 0.717) is 45.6 Å². The zero-order valence-electron chi connectivity index (χ0n) is 13.2. The minimum absolute atomic E-state index is 0.310. The first-order valence-corrected chi connectivity index (χ1v) is 10.8. The number of nitrogens with zero attached hydrogens (tertiary/aromatic N) is 2. The maximum Gasteiger partial charge on any atom is 0.235 e. The Morgan fingerprint density at radius 1 is 1.27 bits per heavy atom. The van der Waals surface area contributed by atoms with Crippen LogP contribution in [0.1, 0.15) is 12.8 Å². The summed E-state index contributed by atoms with van der Waals surface area (Å²) < 4.78 is 29.9. The second kappa shape index (κ2) is 6.60. The second-order valence-electron chi connectivity index (χ2n) is 5.99. The fraction of sp³-hybridized carbons (Fsp3) is 0.188. The van der Waals surface area contributed by atoms with E-state index in [2.05, 4.69) is 31.0 Å². The van der Waals surface area contributed by atoms with Gasteiger partial charge in [0.15, 0.2) is 5.65 Å². The summed E-state index contributed by atoms with van der Waals surface area (Å²) in [6.45, 7) is 0. The number of aromatic nitrogens is 2. The molecule has 3 aromatic rings. The first-order chi connectivity index (χ1) is 12.3. The van der Waals surface area contributed by atoms with Crippen LogP contribution in [0.25, 0.3) is 5.65 Å². The quantitative estimate of drug-likeness (QED) is 0.541. The fourth-order valence-electron chi connectivity index (χ4n) is 2.55. The molecule has 2 heterocycles. The third kappa shape index (κ3) is 3.38. The number of benzene rings is 1. The van der Waals surface area contributed by atoms with Gasteiger partial charge in [-0.15, -0.1) is 0 Å². The van der Waals surface area contributed by atoms with E-state index in [4.69, 9.17) is 23.2 Å². The molecule has 0 bridgehead atoms. The van der Waals surface area contributed by atoms with Gasteiger partial charge < -0.3 is 9.72 Å². The maximum absolute atomic E-state index is 12.4. The molecule has 4 rings (SSSR count). The van der Waals surface area contributed by atoms with E-state index in [-0.39, 0.29) is 5.25 Å². The van der Waals surface area contributed by atoms with Crippen LogP contribution in [0.4, 0.5) is 17.1 Å². The summed E-state index contributed by atoms with van der Waals surface area (Å²) in [5.74, 6) is 0. The van der Waals surface area contributed by atoms with Crippen LogP contribution < -0.4 is 10.0 Å². The van der Waals surface area contributed by atoms with E-state index in [9.17, 15) is 8.42 Å². The van der Waals surface area contributed by atoms with E-state index in [0.717, 1.165) is 4.47 Å². The van der Waals surface area contributed by atoms with Crippen molar-refractivity contribution in [1.29, 1.82) is 0 Å². The predicted octanol–water partition coefficient (Wildman–Crippen LogP) is 5.05. The largest absolute Gasteiger partial charge is 0.352 e. The number of sulfonamides is 1. The molecule has 10 heteroatoms. The van der Waals surface area contributed by atoms with Gasteiger partial charge in [0.25, 0.3) is 0 Å². The highest BCUT2D eigenvalue weighted by molar-refractivity contribution is 9.10. The Morgan fingerprint density at radius 2 is 2.04 bits per heavy atom.